The Morgan fingerprint density at radius 1 is 0.760 bits per heavy atom. The topological polar surface area (TPSA) is 80.3 Å². The first-order chi connectivity index (χ1) is 11.8. The van der Waals surface area contributed by atoms with Crippen LogP contribution in [0, 0.1) is 6.92 Å². The Bertz CT molecular complexity index is 553. The number of aryl methyl sites for hydroxylation is 1. The molecule has 9 heteroatoms. The van der Waals surface area contributed by atoms with Crippen molar-refractivity contribution in [2.24, 2.45) is 0 Å². The van der Waals surface area contributed by atoms with Gasteiger partial charge in [0, 0.05) is 0 Å². The summed E-state index contributed by atoms with van der Waals surface area (Å²) in [5.74, 6) is 0.370. The Kier molecular flexibility index (Phi) is 9.36. The number of hydrogen-bond donors (Lipinski definition) is 0. The third-order valence-corrected chi connectivity index (χ3v) is 8.50. The highest BCUT2D eigenvalue weighted by molar-refractivity contribution is 7.72. The summed E-state index contributed by atoms with van der Waals surface area (Å²) in [6.07, 6.45) is 0. The lowest BCUT2D eigenvalue weighted by Gasteiger charge is -2.31. The first-order valence-electron chi connectivity index (χ1n) is 8.36. The third kappa shape index (κ3) is 6.21. The molecule has 0 bridgehead atoms. The second-order valence-electron chi connectivity index (χ2n) is 5.01. The molecule has 0 radical (unpaired) electrons. The van der Waals surface area contributed by atoms with Gasteiger partial charge in [0.15, 0.2) is 0 Å². The molecule has 0 atom stereocenters. The van der Waals surface area contributed by atoms with Crippen LogP contribution in [0.15, 0.2) is 24.3 Å². The second-order valence-corrected chi connectivity index (χ2v) is 9.55. The first kappa shape index (κ1) is 22.4. The number of ether oxygens (including phenoxy) is 1. The maximum atomic E-state index is 13.3. The molecule has 0 aliphatic rings. The van der Waals surface area contributed by atoms with Crippen LogP contribution >= 0.6 is 15.2 Å². The van der Waals surface area contributed by atoms with E-state index in [1.54, 1.807) is 39.8 Å². The lowest BCUT2D eigenvalue weighted by Crippen LogP contribution is -2.23. The van der Waals surface area contributed by atoms with E-state index in [2.05, 4.69) is 0 Å². The molecule has 0 heterocycles. The molecule has 25 heavy (non-hydrogen) atoms. The maximum Gasteiger partial charge on any atom is 0.383 e. The molecule has 0 spiro atoms. The van der Waals surface area contributed by atoms with Crippen LogP contribution in [-0.2, 0) is 27.2 Å². The molecule has 1 aromatic carbocycles. The van der Waals surface area contributed by atoms with E-state index in [-0.39, 0.29) is 26.4 Å². The fourth-order valence-electron chi connectivity index (χ4n) is 2.09. The minimum atomic E-state index is -3.92. The molecule has 0 unspecified atom stereocenters. The molecule has 0 N–H and O–H groups in total. The Morgan fingerprint density at radius 2 is 1.12 bits per heavy atom. The van der Waals surface area contributed by atoms with Crippen LogP contribution in [-0.4, -0.2) is 32.0 Å². The predicted molar refractivity (Wildman–Crippen MR) is 97.3 cm³/mol. The van der Waals surface area contributed by atoms with Crippen LogP contribution < -0.4 is 4.74 Å². The number of hydrogen-bond acceptors (Lipinski definition) is 7. The zero-order chi connectivity index (χ0) is 18.9. The van der Waals surface area contributed by atoms with Crippen molar-refractivity contribution < 1.29 is 32.0 Å². The highest BCUT2D eigenvalue weighted by atomic mass is 31.2. The summed E-state index contributed by atoms with van der Waals surface area (Å²) in [5, 5.41) is 0. The summed E-state index contributed by atoms with van der Waals surface area (Å²) in [5.41, 5.74) is -0.484. The van der Waals surface area contributed by atoms with Gasteiger partial charge in [-0.1, -0.05) is 17.7 Å². The van der Waals surface area contributed by atoms with Crippen molar-refractivity contribution in [1.82, 2.24) is 0 Å². The Labute approximate surface area is 150 Å². The predicted octanol–water partition coefficient (Wildman–Crippen LogP) is 5.19. The van der Waals surface area contributed by atoms with Crippen LogP contribution in [0.2, 0.25) is 0 Å². The minimum Gasteiger partial charge on any atom is -0.465 e. The van der Waals surface area contributed by atoms with Crippen molar-refractivity contribution in [1.29, 1.82) is 0 Å². The van der Waals surface area contributed by atoms with Gasteiger partial charge in [-0.15, -0.1) is 0 Å². The van der Waals surface area contributed by atoms with Crippen LogP contribution in [0.5, 0.6) is 5.75 Å². The van der Waals surface area contributed by atoms with E-state index in [1.165, 1.54) is 0 Å². The molecule has 0 amide bonds. The number of rotatable bonds is 12. The molecule has 0 saturated carbocycles. The van der Waals surface area contributed by atoms with Gasteiger partial charge in [-0.25, -0.2) is 0 Å². The van der Waals surface area contributed by atoms with Gasteiger partial charge in [0.1, 0.15) is 5.75 Å². The summed E-state index contributed by atoms with van der Waals surface area (Å²) in [7, 11) is -7.85. The van der Waals surface area contributed by atoms with Crippen molar-refractivity contribution in [3.63, 3.8) is 0 Å². The van der Waals surface area contributed by atoms with E-state index in [4.69, 9.17) is 22.8 Å². The van der Waals surface area contributed by atoms with Gasteiger partial charge in [-0.3, -0.25) is 9.13 Å². The SMILES string of the molecule is CCOP(=O)(OCC)C(Oc1ccc(C)cc1)P(=O)(OCC)OCC. The summed E-state index contributed by atoms with van der Waals surface area (Å²) in [4.78, 5) is 0. The fourth-order valence-corrected chi connectivity index (χ4v) is 6.88. The minimum absolute atomic E-state index is 0.100. The van der Waals surface area contributed by atoms with Crippen LogP contribution in [0.4, 0.5) is 0 Å². The molecule has 0 aliphatic carbocycles. The van der Waals surface area contributed by atoms with Crippen molar-refractivity contribution in [2.75, 3.05) is 26.4 Å². The van der Waals surface area contributed by atoms with E-state index in [1.807, 2.05) is 19.1 Å². The van der Waals surface area contributed by atoms with Gasteiger partial charge >= 0.3 is 15.2 Å². The molecular formula is C16H28O7P2. The normalized spacial score (nSPS) is 12.6. The monoisotopic (exact) mass is 394 g/mol. The Balaban J connectivity index is 3.34. The first-order valence-corrected chi connectivity index (χ1v) is 11.6. The average molecular weight is 394 g/mol. The Hall–Kier alpha value is -0.680. The second kappa shape index (κ2) is 10.5. The largest absolute Gasteiger partial charge is 0.465 e. The lowest BCUT2D eigenvalue weighted by atomic mass is 10.2. The molecule has 0 saturated heterocycles. The zero-order valence-corrected chi connectivity index (χ0v) is 17.3. The molecule has 7 nitrogen and oxygen atoms in total. The fraction of sp³-hybridized carbons (Fsp3) is 0.625. The highest BCUT2D eigenvalue weighted by Crippen LogP contribution is 2.70. The van der Waals surface area contributed by atoms with Gasteiger partial charge < -0.3 is 22.8 Å². The van der Waals surface area contributed by atoms with Crippen molar-refractivity contribution >= 4 is 15.2 Å². The maximum absolute atomic E-state index is 13.3. The van der Waals surface area contributed by atoms with E-state index in [0.29, 0.717) is 5.75 Å². The van der Waals surface area contributed by atoms with Crippen molar-refractivity contribution in [3.05, 3.63) is 29.8 Å². The summed E-state index contributed by atoms with van der Waals surface area (Å²) in [6, 6.07) is 7.02. The van der Waals surface area contributed by atoms with Gasteiger partial charge in [-0.2, -0.15) is 0 Å². The van der Waals surface area contributed by atoms with E-state index < -0.39 is 20.8 Å². The van der Waals surface area contributed by atoms with E-state index in [9.17, 15) is 9.13 Å². The van der Waals surface area contributed by atoms with Crippen LogP contribution in [0.25, 0.3) is 0 Å². The number of benzene rings is 1. The molecule has 0 aliphatic heterocycles. The standard InChI is InChI=1S/C16H28O7P2/c1-6-19-24(17,20-7-2)16(25(18,21-8-3)22-9-4)23-15-12-10-14(5)11-13-15/h10-13,16H,6-9H2,1-5H3. The zero-order valence-electron chi connectivity index (χ0n) is 15.5. The van der Waals surface area contributed by atoms with Gasteiger partial charge in [0.2, 0.25) is 0 Å². The van der Waals surface area contributed by atoms with Crippen molar-refractivity contribution in [2.45, 2.75) is 40.2 Å². The van der Waals surface area contributed by atoms with E-state index >= 15 is 0 Å². The third-order valence-electron chi connectivity index (χ3n) is 3.04. The average Bonchev–Trinajstić information content (AvgIpc) is 2.55. The summed E-state index contributed by atoms with van der Waals surface area (Å²) < 4.78 is 53.7. The van der Waals surface area contributed by atoms with Gasteiger partial charge in [0.25, 0.3) is 5.59 Å². The van der Waals surface area contributed by atoms with Crippen molar-refractivity contribution in [3.8, 4) is 5.75 Å². The summed E-state index contributed by atoms with van der Waals surface area (Å²) in [6.45, 7) is 9.00. The Morgan fingerprint density at radius 3 is 1.44 bits per heavy atom. The van der Waals surface area contributed by atoms with Gasteiger partial charge in [0.05, 0.1) is 26.4 Å². The molecule has 144 valence electrons. The lowest BCUT2D eigenvalue weighted by molar-refractivity contribution is 0.150. The quantitative estimate of drug-likeness (QED) is 0.451. The molecule has 1 rings (SSSR count). The molecular weight excluding hydrogens is 366 g/mol. The smallest absolute Gasteiger partial charge is 0.383 e. The highest BCUT2D eigenvalue weighted by Gasteiger charge is 2.53. The molecule has 0 aromatic heterocycles. The van der Waals surface area contributed by atoms with Crippen LogP contribution in [0.1, 0.15) is 33.3 Å². The van der Waals surface area contributed by atoms with Crippen LogP contribution in [0.3, 0.4) is 0 Å². The molecule has 1 aromatic rings. The van der Waals surface area contributed by atoms with E-state index in [0.717, 1.165) is 5.56 Å². The summed E-state index contributed by atoms with van der Waals surface area (Å²) >= 11 is 0. The van der Waals surface area contributed by atoms with Gasteiger partial charge in [-0.05, 0) is 46.8 Å². The molecule has 0 fully saturated rings.